The number of rotatable bonds is 2. The zero-order chi connectivity index (χ0) is 16.7. The fourth-order valence-electron chi connectivity index (χ4n) is 4.25. The second-order valence-corrected chi connectivity index (χ2v) is 7.21. The Morgan fingerprint density at radius 2 is 2.00 bits per heavy atom. The lowest BCUT2D eigenvalue weighted by atomic mass is 9.86. The van der Waals surface area contributed by atoms with Gasteiger partial charge in [-0.25, -0.2) is 4.39 Å². The monoisotopic (exact) mass is 330 g/mol. The zero-order valence-corrected chi connectivity index (χ0v) is 13.7. The van der Waals surface area contributed by atoms with E-state index in [2.05, 4.69) is 4.98 Å². The van der Waals surface area contributed by atoms with E-state index in [1.807, 2.05) is 17.2 Å². The van der Waals surface area contributed by atoms with Crippen LogP contribution in [0.25, 0.3) is 10.9 Å². The van der Waals surface area contributed by atoms with Crippen LogP contribution >= 0.6 is 0 Å². The lowest BCUT2D eigenvalue weighted by Gasteiger charge is -2.28. The van der Waals surface area contributed by atoms with Gasteiger partial charge in [-0.15, -0.1) is 0 Å². The Balaban J connectivity index is 1.46. The molecule has 4 nitrogen and oxygen atoms in total. The van der Waals surface area contributed by atoms with Crippen molar-refractivity contribution in [1.82, 2.24) is 9.88 Å². The van der Waals surface area contributed by atoms with Crippen molar-refractivity contribution >= 4 is 16.8 Å². The first-order valence-electron chi connectivity index (χ1n) is 8.85. The van der Waals surface area contributed by atoms with Gasteiger partial charge in [0.15, 0.2) is 0 Å². The Labute approximate surface area is 140 Å². The summed E-state index contributed by atoms with van der Waals surface area (Å²) in [7, 11) is 0. The molecule has 0 spiro atoms. The van der Waals surface area contributed by atoms with Crippen LogP contribution < -0.4 is 0 Å². The van der Waals surface area contributed by atoms with Crippen LogP contribution in [0, 0.1) is 11.7 Å². The quantitative estimate of drug-likeness (QED) is 0.888. The molecule has 1 aliphatic carbocycles. The summed E-state index contributed by atoms with van der Waals surface area (Å²) in [4.78, 5) is 17.8. The van der Waals surface area contributed by atoms with Crippen LogP contribution in [0.2, 0.25) is 0 Å². The summed E-state index contributed by atoms with van der Waals surface area (Å²) < 4.78 is 13.3. The molecule has 128 valence electrons. The molecule has 2 aromatic rings. The van der Waals surface area contributed by atoms with Gasteiger partial charge in [0.1, 0.15) is 5.82 Å². The van der Waals surface area contributed by atoms with Gasteiger partial charge in [0.2, 0.25) is 5.91 Å². The van der Waals surface area contributed by atoms with Crippen LogP contribution in [0.3, 0.4) is 0 Å². The molecule has 1 atom stereocenters. The molecule has 0 bridgehead atoms. The molecule has 5 heteroatoms. The first-order valence-corrected chi connectivity index (χ1v) is 8.85. The summed E-state index contributed by atoms with van der Waals surface area (Å²) in [5, 5.41) is 10.7. The number of nitrogens with one attached hydrogen (secondary N) is 1. The fourth-order valence-corrected chi connectivity index (χ4v) is 4.25. The van der Waals surface area contributed by atoms with Crippen molar-refractivity contribution in [2.24, 2.45) is 5.92 Å². The van der Waals surface area contributed by atoms with Gasteiger partial charge >= 0.3 is 0 Å². The van der Waals surface area contributed by atoms with E-state index in [0.29, 0.717) is 5.92 Å². The first-order chi connectivity index (χ1) is 11.6. The van der Waals surface area contributed by atoms with Crippen molar-refractivity contribution in [3.63, 3.8) is 0 Å². The number of aliphatic hydroxyl groups is 1. The number of H-pyrrole nitrogens is 1. The maximum Gasteiger partial charge on any atom is 0.225 e. The standard InChI is InChI=1S/C19H23FN2O2/c20-14-3-6-16-17(10-21-18(16)9-14)13-7-8-22(11-13)19(24)12-1-4-15(23)5-2-12/h3,6,9-10,12-13,15,21,23H,1-2,4-5,7-8,11H2. The number of amides is 1. The Bertz CT molecular complexity index is 749. The van der Waals surface area contributed by atoms with Crippen molar-refractivity contribution in [2.45, 2.75) is 44.1 Å². The van der Waals surface area contributed by atoms with E-state index < -0.39 is 0 Å². The van der Waals surface area contributed by atoms with E-state index in [1.165, 1.54) is 17.7 Å². The van der Waals surface area contributed by atoms with Gasteiger partial charge in [0.05, 0.1) is 6.10 Å². The van der Waals surface area contributed by atoms with Crippen LogP contribution in [0.15, 0.2) is 24.4 Å². The lowest BCUT2D eigenvalue weighted by Crippen LogP contribution is -2.36. The molecule has 2 heterocycles. The Morgan fingerprint density at radius 3 is 2.79 bits per heavy atom. The smallest absolute Gasteiger partial charge is 0.225 e. The number of hydrogen-bond donors (Lipinski definition) is 2. The van der Waals surface area contributed by atoms with Crippen LogP contribution in [-0.2, 0) is 4.79 Å². The second kappa shape index (κ2) is 6.20. The zero-order valence-electron chi connectivity index (χ0n) is 13.7. The first kappa shape index (κ1) is 15.6. The molecule has 1 aliphatic heterocycles. The van der Waals surface area contributed by atoms with Crippen LogP contribution in [-0.4, -0.2) is 40.1 Å². The maximum absolute atomic E-state index is 13.3. The third-order valence-electron chi connectivity index (χ3n) is 5.66. The molecule has 0 radical (unpaired) electrons. The minimum atomic E-state index is -0.237. The van der Waals surface area contributed by atoms with Crippen molar-refractivity contribution in [2.75, 3.05) is 13.1 Å². The van der Waals surface area contributed by atoms with Crippen LogP contribution in [0.5, 0.6) is 0 Å². The molecule has 1 unspecified atom stereocenters. The fraction of sp³-hybridized carbons (Fsp3) is 0.526. The number of nitrogens with zero attached hydrogens (tertiary/aromatic N) is 1. The van der Waals surface area contributed by atoms with Gasteiger partial charge in [-0.1, -0.05) is 0 Å². The highest BCUT2D eigenvalue weighted by Gasteiger charge is 2.34. The number of halogens is 1. The van der Waals surface area contributed by atoms with Gasteiger partial charge in [-0.3, -0.25) is 4.79 Å². The highest BCUT2D eigenvalue weighted by Crippen LogP contribution is 2.34. The molecule has 2 fully saturated rings. The Morgan fingerprint density at radius 1 is 1.21 bits per heavy atom. The molecule has 1 aromatic carbocycles. The van der Waals surface area contributed by atoms with Crippen molar-refractivity contribution in [1.29, 1.82) is 0 Å². The lowest BCUT2D eigenvalue weighted by molar-refractivity contribution is -0.136. The summed E-state index contributed by atoms with van der Waals surface area (Å²) in [5.41, 5.74) is 2.00. The Kier molecular flexibility index (Phi) is 4.04. The Hall–Kier alpha value is -1.88. The molecule has 1 saturated carbocycles. The summed E-state index contributed by atoms with van der Waals surface area (Å²) in [5.74, 6) is 0.389. The van der Waals surface area contributed by atoms with Gasteiger partial charge in [-0.05, 0) is 55.9 Å². The molecule has 1 aromatic heterocycles. The second-order valence-electron chi connectivity index (χ2n) is 7.21. The van der Waals surface area contributed by atoms with Gasteiger partial charge in [0.25, 0.3) is 0 Å². The minimum Gasteiger partial charge on any atom is -0.393 e. The van der Waals surface area contributed by atoms with Crippen molar-refractivity contribution in [3.05, 3.63) is 35.8 Å². The number of benzene rings is 1. The highest BCUT2D eigenvalue weighted by atomic mass is 19.1. The van der Waals surface area contributed by atoms with Gasteiger partial charge in [-0.2, -0.15) is 0 Å². The molecule has 24 heavy (non-hydrogen) atoms. The molecule has 1 saturated heterocycles. The summed E-state index contributed by atoms with van der Waals surface area (Å²) >= 11 is 0. The number of likely N-dealkylation sites (tertiary alicyclic amines) is 1. The van der Waals surface area contributed by atoms with E-state index in [4.69, 9.17) is 0 Å². The maximum atomic E-state index is 13.3. The predicted molar refractivity (Wildman–Crippen MR) is 90.2 cm³/mol. The molecule has 2 N–H and O–H groups in total. The average Bonchev–Trinajstić information content (AvgIpc) is 3.21. The summed E-state index contributed by atoms with van der Waals surface area (Å²) in [6.07, 6.45) is 5.75. The summed E-state index contributed by atoms with van der Waals surface area (Å²) in [6.45, 7) is 1.53. The largest absolute Gasteiger partial charge is 0.393 e. The van der Waals surface area contributed by atoms with Crippen molar-refractivity contribution in [3.8, 4) is 0 Å². The number of fused-ring (bicyclic) bond motifs is 1. The van der Waals surface area contributed by atoms with Gasteiger partial charge < -0.3 is 15.0 Å². The third-order valence-corrected chi connectivity index (χ3v) is 5.66. The van der Waals surface area contributed by atoms with E-state index in [9.17, 15) is 14.3 Å². The number of aromatic nitrogens is 1. The van der Waals surface area contributed by atoms with Gasteiger partial charge in [0, 0.05) is 42.0 Å². The van der Waals surface area contributed by atoms with E-state index in [-0.39, 0.29) is 23.7 Å². The van der Waals surface area contributed by atoms with E-state index >= 15 is 0 Å². The molecule has 1 amide bonds. The molecular weight excluding hydrogens is 307 g/mol. The minimum absolute atomic E-state index is 0.0733. The van der Waals surface area contributed by atoms with Crippen LogP contribution in [0.1, 0.15) is 43.6 Å². The number of carbonyl (C=O) groups is 1. The third kappa shape index (κ3) is 2.81. The SMILES string of the molecule is O=C(C1CCC(O)CC1)N1CCC(c2c[nH]c3cc(F)ccc23)C1. The van der Waals surface area contributed by atoms with E-state index in [0.717, 1.165) is 56.1 Å². The molecular formula is C19H23FN2O2. The predicted octanol–water partition coefficient (Wildman–Crippen LogP) is 3.17. The van der Waals surface area contributed by atoms with Crippen LogP contribution in [0.4, 0.5) is 4.39 Å². The molecule has 2 aliphatic rings. The number of hydrogen-bond acceptors (Lipinski definition) is 2. The molecule has 4 rings (SSSR count). The van der Waals surface area contributed by atoms with E-state index in [1.54, 1.807) is 0 Å². The normalized spacial score (nSPS) is 27.8. The number of aromatic amines is 1. The highest BCUT2D eigenvalue weighted by molar-refractivity contribution is 5.84. The average molecular weight is 330 g/mol. The number of carbonyl (C=O) groups excluding carboxylic acids is 1. The summed E-state index contributed by atoms with van der Waals surface area (Å²) in [6, 6.07) is 4.83. The van der Waals surface area contributed by atoms with Crippen molar-refractivity contribution < 1.29 is 14.3 Å². The number of aliphatic hydroxyl groups excluding tert-OH is 1. The topological polar surface area (TPSA) is 56.3 Å².